The minimum absolute atomic E-state index is 0.00681. The van der Waals surface area contributed by atoms with Crippen molar-refractivity contribution in [2.45, 2.75) is 18.9 Å². The third kappa shape index (κ3) is 3.01. The Morgan fingerprint density at radius 1 is 1.10 bits per heavy atom. The molecule has 3 rings (SSSR count). The van der Waals surface area contributed by atoms with Crippen molar-refractivity contribution in [2.24, 2.45) is 5.73 Å². The third-order valence-electron chi connectivity index (χ3n) is 3.88. The number of halogens is 1. The van der Waals surface area contributed by atoms with Crippen LogP contribution >= 0.6 is 15.9 Å². The van der Waals surface area contributed by atoms with Gasteiger partial charge < -0.3 is 11.1 Å². The van der Waals surface area contributed by atoms with Crippen LogP contribution in [0.25, 0.3) is 0 Å². The highest BCUT2D eigenvalue weighted by Crippen LogP contribution is 2.25. The average molecular weight is 345 g/mol. The second-order valence-electron chi connectivity index (χ2n) is 5.31. The molecule has 0 saturated carbocycles. The molecule has 1 aliphatic rings. The van der Waals surface area contributed by atoms with Gasteiger partial charge in [-0.05, 0) is 47.7 Å². The lowest BCUT2D eigenvalue weighted by Gasteiger charge is -2.15. The summed E-state index contributed by atoms with van der Waals surface area (Å²) < 4.78 is 1.03. The number of fused-ring (bicyclic) bond motifs is 1. The van der Waals surface area contributed by atoms with Crippen molar-refractivity contribution in [1.29, 1.82) is 0 Å². The summed E-state index contributed by atoms with van der Waals surface area (Å²) in [6.45, 7) is 0.738. The summed E-state index contributed by atoms with van der Waals surface area (Å²) in [5.74, 6) is 0.00681. The maximum Gasteiger partial charge on any atom is 0.251 e. The summed E-state index contributed by atoms with van der Waals surface area (Å²) in [5.41, 5.74) is 10.2. The van der Waals surface area contributed by atoms with Gasteiger partial charge >= 0.3 is 0 Å². The number of nitrogens with one attached hydrogen (secondary N) is 1. The SMILES string of the molecule is NC(c1ccc(Br)cc1)c1ccc2c(c1)C(=O)NCCC2. The van der Waals surface area contributed by atoms with E-state index >= 15 is 0 Å². The first kappa shape index (κ1) is 14.3. The van der Waals surface area contributed by atoms with E-state index in [1.807, 2.05) is 42.5 Å². The van der Waals surface area contributed by atoms with E-state index in [1.54, 1.807) is 0 Å². The normalized spacial score (nSPS) is 15.8. The van der Waals surface area contributed by atoms with E-state index in [4.69, 9.17) is 5.73 Å². The molecule has 3 N–H and O–H groups in total. The highest BCUT2D eigenvalue weighted by Gasteiger charge is 2.17. The van der Waals surface area contributed by atoms with Crippen LogP contribution in [0, 0.1) is 0 Å². The van der Waals surface area contributed by atoms with Crippen molar-refractivity contribution < 1.29 is 4.79 Å². The summed E-state index contributed by atoms with van der Waals surface area (Å²) in [5, 5.41) is 2.93. The first-order valence-electron chi connectivity index (χ1n) is 7.07. The molecule has 0 radical (unpaired) electrons. The van der Waals surface area contributed by atoms with E-state index < -0.39 is 0 Å². The van der Waals surface area contributed by atoms with Gasteiger partial charge in [0.25, 0.3) is 5.91 Å². The van der Waals surface area contributed by atoms with Crippen molar-refractivity contribution in [1.82, 2.24) is 5.32 Å². The van der Waals surface area contributed by atoms with Crippen molar-refractivity contribution in [3.63, 3.8) is 0 Å². The van der Waals surface area contributed by atoms with Gasteiger partial charge in [-0.25, -0.2) is 0 Å². The zero-order valence-electron chi connectivity index (χ0n) is 11.6. The first-order valence-corrected chi connectivity index (χ1v) is 7.86. The Labute approximate surface area is 132 Å². The Kier molecular flexibility index (Phi) is 4.08. The first-order chi connectivity index (χ1) is 10.1. The van der Waals surface area contributed by atoms with Crippen LogP contribution in [0.3, 0.4) is 0 Å². The van der Waals surface area contributed by atoms with Crippen LogP contribution in [-0.4, -0.2) is 12.5 Å². The number of nitrogens with two attached hydrogens (primary N) is 1. The standard InChI is InChI=1S/C17H17BrN2O/c18-14-7-5-12(6-8-14)16(19)13-4-3-11-2-1-9-20-17(21)15(11)10-13/h3-8,10,16H,1-2,9,19H2,(H,20,21). The number of amides is 1. The van der Waals surface area contributed by atoms with Crippen LogP contribution in [0.1, 0.15) is 39.5 Å². The van der Waals surface area contributed by atoms with Gasteiger partial charge in [-0.2, -0.15) is 0 Å². The number of carbonyl (C=O) groups excluding carboxylic acids is 1. The molecule has 21 heavy (non-hydrogen) atoms. The Bertz CT molecular complexity index is 667. The maximum atomic E-state index is 12.1. The molecule has 108 valence electrons. The Balaban J connectivity index is 1.96. The number of aryl methyl sites for hydroxylation is 1. The van der Waals surface area contributed by atoms with Crippen LogP contribution in [0.5, 0.6) is 0 Å². The molecule has 1 atom stereocenters. The van der Waals surface area contributed by atoms with Crippen LogP contribution in [0.2, 0.25) is 0 Å². The third-order valence-corrected chi connectivity index (χ3v) is 4.40. The van der Waals surface area contributed by atoms with Gasteiger partial charge in [0.05, 0.1) is 6.04 Å². The fourth-order valence-electron chi connectivity index (χ4n) is 2.66. The van der Waals surface area contributed by atoms with Crippen molar-refractivity contribution in [2.75, 3.05) is 6.54 Å². The van der Waals surface area contributed by atoms with Crippen molar-refractivity contribution in [3.05, 3.63) is 69.2 Å². The molecular weight excluding hydrogens is 328 g/mol. The minimum atomic E-state index is -0.223. The zero-order valence-corrected chi connectivity index (χ0v) is 13.2. The molecule has 3 nitrogen and oxygen atoms in total. The van der Waals surface area contributed by atoms with Crippen LogP contribution in [0.4, 0.5) is 0 Å². The molecule has 0 spiro atoms. The molecule has 1 heterocycles. The van der Waals surface area contributed by atoms with Gasteiger partial charge in [0.1, 0.15) is 0 Å². The highest BCUT2D eigenvalue weighted by atomic mass is 79.9. The van der Waals surface area contributed by atoms with Gasteiger partial charge in [0.2, 0.25) is 0 Å². The topological polar surface area (TPSA) is 55.1 Å². The predicted octanol–water partition coefficient (Wildman–Crippen LogP) is 3.17. The summed E-state index contributed by atoms with van der Waals surface area (Å²) in [6.07, 6.45) is 1.92. The summed E-state index contributed by atoms with van der Waals surface area (Å²) in [4.78, 5) is 12.1. The summed E-state index contributed by atoms with van der Waals surface area (Å²) in [6, 6.07) is 13.7. The van der Waals surface area contributed by atoms with E-state index in [0.717, 1.165) is 46.1 Å². The lowest BCUT2D eigenvalue weighted by atomic mass is 9.94. The largest absolute Gasteiger partial charge is 0.352 e. The summed E-state index contributed by atoms with van der Waals surface area (Å²) >= 11 is 3.42. The van der Waals surface area contributed by atoms with Gasteiger partial charge in [-0.1, -0.05) is 40.2 Å². The van der Waals surface area contributed by atoms with Gasteiger partial charge in [-0.15, -0.1) is 0 Å². The van der Waals surface area contributed by atoms with Crippen LogP contribution < -0.4 is 11.1 Å². The fourth-order valence-corrected chi connectivity index (χ4v) is 2.92. The van der Waals surface area contributed by atoms with E-state index in [-0.39, 0.29) is 11.9 Å². The molecule has 1 unspecified atom stereocenters. The molecular formula is C17H17BrN2O. The van der Waals surface area contributed by atoms with Gasteiger partial charge in [0.15, 0.2) is 0 Å². The van der Waals surface area contributed by atoms with E-state index in [0.29, 0.717) is 0 Å². The zero-order chi connectivity index (χ0) is 14.8. The Hall–Kier alpha value is -1.65. The lowest BCUT2D eigenvalue weighted by molar-refractivity contribution is 0.0956. The highest BCUT2D eigenvalue weighted by molar-refractivity contribution is 9.10. The lowest BCUT2D eigenvalue weighted by Crippen LogP contribution is -2.23. The van der Waals surface area contributed by atoms with E-state index in [2.05, 4.69) is 21.2 Å². The maximum absolute atomic E-state index is 12.1. The van der Waals surface area contributed by atoms with Crippen molar-refractivity contribution >= 4 is 21.8 Å². The molecule has 0 saturated heterocycles. The van der Waals surface area contributed by atoms with Gasteiger partial charge in [0, 0.05) is 16.6 Å². The van der Waals surface area contributed by atoms with Crippen LogP contribution in [-0.2, 0) is 6.42 Å². The number of rotatable bonds is 2. The quantitative estimate of drug-likeness (QED) is 0.878. The molecule has 0 aromatic heterocycles. The van der Waals surface area contributed by atoms with Gasteiger partial charge in [-0.3, -0.25) is 4.79 Å². The Morgan fingerprint density at radius 3 is 2.57 bits per heavy atom. The number of hydrogen-bond acceptors (Lipinski definition) is 2. The van der Waals surface area contributed by atoms with Crippen molar-refractivity contribution in [3.8, 4) is 0 Å². The molecule has 2 aromatic carbocycles. The molecule has 4 heteroatoms. The number of hydrogen-bond donors (Lipinski definition) is 2. The molecule has 1 aliphatic heterocycles. The summed E-state index contributed by atoms with van der Waals surface area (Å²) in [7, 11) is 0. The molecule has 0 fully saturated rings. The number of benzene rings is 2. The monoisotopic (exact) mass is 344 g/mol. The van der Waals surface area contributed by atoms with Crippen LogP contribution in [0.15, 0.2) is 46.9 Å². The number of carbonyl (C=O) groups is 1. The molecule has 1 amide bonds. The molecule has 0 bridgehead atoms. The average Bonchev–Trinajstić information content (AvgIpc) is 2.69. The fraction of sp³-hybridized carbons (Fsp3) is 0.235. The predicted molar refractivity (Wildman–Crippen MR) is 87.3 cm³/mol. The van der Waals surface area contributed by atoms with E-state index in [9.17, 15) is 4.79 Å². The minimum Gasteiger partial charge on any atom is -0.352 e. The van der Waals surface area contributed by atoms with E-state index in [1.165, 1.54) is 0 Å². The second kappa shape index (κ2) is 6.00. The molecule has 2 aromatic rings. The smallest absolute Gasteiger partial charge is 0.251 e. The Morgan fingerprint density at radius 2 is 1.81 bits per heavy atom. The molecule has 0 aliphatic carbocycles. The second-order valence-corrected chi connectivity index (χ2v) is 6.22.